The van der Waals surface area contributed by atoms with Crippen LogP contribution in [0.5, 0.6) is 0 Å². The summed E-state index contributed by atoms with van der Waals surface area (Å²) in [7, 11) is 3.07. The van der Waals surface area contributed by atoms with Crippen molar-refractivity contribution in [3.63, 3.8) is 0 Å². The van der Waals surface area contributed by atoms with Crippen LogP contribution < -0.4 is 4.90 Å². The molecule has 2 aromatic heterocycles. The molecule has 0 aromatic carbocycles. The predicted molar refractivity (Wildman–Crippen MR) is 98.6 cm³/mol. The molecule has 2 heterocycles. The SMILES string of the molecule is CN(CC(=O)N(C)c1cn(-c2cccnc2)nc1Cl)C(=O)OC(C)(C)C. The summed E-state index contributed by atoms with van der Waals surface area (Å²) in [5.74, 6) is -0.328. The lowest BCUT2D eigenvalue weighted by atomic mass is 10.2. The Bertz CT molecular complexity index is 785. The molecule has 2 aromatic rings. The van der Waals surface area contributed by atoms with E-state index in [-0.39, 0.29) is 17.6 Å². The summed E-state index contributed by atoms with van der Waals surface area (Å²) < 4.78 is 6.77. The van der Waals surface area contributed by atoms with Crippen LogP contribution in [-0.4, -0.2) is 57.9 Å². The minimum absolute atomic E-state index is 0.153. The van der Waals surface area contributed by atoms with Crippen LogP contribution in [0.2, 0.25) is 5.15 Å². The number of amides is 2. The number of nitrogens with zero attached hydrogens (tertiary/aromatic N) is 5. The van der Waals surface area contributed by atoms with Crippen molar-refractivity contribution < 1.29 is 14.3 Å². The van der Waals surface area contributed by atoms with Crippen LogP contribution in [0.4, 0.5) is 10.5 Å². The van der Waals surface area contributed by atoms with Crippen molar-refractivity contribution in [1.82, 2.24) is 19.7 Å². The van der Waals surface area contributed by atoms with Gasteiger partial charge in [-0.3, -0.25) is 9.78 Å². The molecule has 9 heteroatoms. The average molecular weight is 380 g/mol. The van der Waals surface area contributed by atoms with Crippen molar-refractivity contribution in [2.75, 3.05) is 25.5 Å². The van der Waals surface area contributed by atoms with Crippen molar-refractivity contribution in [3.8, 4) is 5.69 Å². The molecule has 0 radical (unpaired) electrons. The number of carbonyl (C=O) groups excluding carboxylic acids is 2. The van der Waals surface area contributed by atoms with E-state index < -0.39 is 11.7 Å². The van der Waals surface area contributed by atoms with Gasteiger partial charge < -0.3 is 14.5 Å². The van der Waals surface area contributed by atoms with Crippen LogP contribution in [0.25, 0.3) is 5.69 Å². The third-order valence-corrected chi connectivity index (χ3v) is 3.64. The number of pyridine rings is 1. The van der Waals surface area contributed by atoms with Gasteiger partial charge in [0.15, 0.2) is 5.15 Å². The molecule has 140 valence electrons. The number of anilines is 1. The van der Waals surface area contributed by atoms with Gasteiger partial charge >= 0.3 is 6.09 Å². The number of aromatic nitrogens is 3. The monoisotopic (exact) mass is 379 g/mol. The maximum Gasteiger partial charge on any atom is 0.410 e. The molecule has 0 atom stereocenters. The lowest BCUT2D eigenvalue weighted by molar-refractivity contribution is -0.119. The maximum absolute atomic E-state index is 12.5. The second kappa shape index (κ2) is 7.74. The van der Waals surface area contributed by atoms with Crippen molar-refractivity contribution in [2.45, 2.75) is 26.4 Å². The Labute approximate surface area is 157 Å². The highest BCUT2D eigenvalue weighted by molar-refractivity contribution is 6.32. The van der Waals surface area contributed by atoms with Gasteiger partial charge in [0.05, 0.1) is 18.1 Å². The molecule has 0 saturated carbocycles. The highest BCUT2D eigenvalue weighted by Gasteiger charge is 2.24. The van der Waals surface area contributed by atoms with Gasteiger partial charge in [-0.2, -0.15) is 5.10 Å². The van der Waals surface area contributed by atoms with Gasteiger partial charge in [0.2, 0.25) is 5.91 Å². The molecule has 0 unspecified atom stereocenters. The Morgan fingerprint density at radius 2 is 2.00 bits per heavy atom. The first-order chi connectivity index (χ1) is 12.1. The van der Waals surface area contributed by atoms with Crippen molar-refractivity contribution in [2.24, 2.45) is 0 Å². The number of hydrogen-bond donors (Lipinski definition) is 0. The summed E-state index contributed by atoms with van der Waals surface area (Å²) in [5.41, 5.74) is 0.513. The van der Waals surface area contributed by atoms with Gasteiger partial charge in [-0.25, -0.2) is 9.48 Å². The predicted octanol–water partition coefficient (Wildman–Crippen LogP) is 2.75. The van der Waals surface area contributed by atoms with Gasteiger partial charge in [0, 0.05) is 20.3 Å². The molecule has 8 nitrogen and oxygen atoms in total. The molecule has 0 saturated heterocycles. The van der Waals surface area contributed by atoms with Crippen LogP contribution in [0.3, 0.4) is 0 Å². The smallest absolute Gasteiger partial charge is 0.410 e. The number of likely N-dealkylation sites (N-methyl/N-ethyl adjacent to an activating group) is 2. The first kappa shape index (κ1) is 19.7. The van der Waals surface area contributed by atoms with Gasteiger partial charge in [0.1, 0.15) is 17.8 Å². The number of halogens is 1. The summed E-state index contributed by atoms with van der Waals surface area (Å²) >= 11 is 6.17. The van der Waals surface area contributed by atoms with E-state index in [1.807, 2.05) is 6.07 Å². The van der Waals surface area contributed by atoms with Crippen LogP contribution >= 0.6 is 11.6 Å². The van der Waals surface area contributed by atoms with E-state index in [2.05, 4.69) is 10.1 Å². The highest BCUT2D eigenvalue weighted by atomic mass is 35.5. The molecule has 0 aliphatic carbocycles. The lowest BCUT2D eigenvalue weighted by Gasteiger charge is -2.25. The van der Waals surface area contributed by atoms with Crippen molar-refractivity contribution in [3.05, 3.63) is 35.9 Å². The van der Waals surface area contributed by atoms with Gasteiger partial charge in [0.25, 0.3) is 0 Å². The molecule has 0 aliphatic heterocycles. The standard InChI is InChI=1S/C17H22ClN5O3/c1-17(2,3)26-16(25)21(4)11-14(24)22(5)13-10-23(20-15(13)18)12-7-6-8-19-9-12/h6-10H,11H2,1-5H3. The summed E-state index contributed by atoms with van der Waals surface area (Å²) in [4.78, 5) is 31.1. The number of hydrogen-bond acceptors (Lipinski definition) is 5. The summed E-state index contributed by atoms with van der Waals surface area (Å²) in [6.07, 6.45) is 4.34. The average Bonchev–Trinajstić information content (AvgIpc) is 2.95. The van der Waals surface area contributed by atoms with E-state index >= 15 is 0 Å². The second-order valence-corrected chi connectivity index (χ2v) is 7.11. The van der Waals surface area contributed by atoms with E-state index in [4.69, 9.17) is 16.3 Å². The number of ether oxygens (including phenoxy) is 1. The minimum atomic E-state index is -0.630. The van der Waals surface area contributed by atoms with Crippen LogP contribution in [0.1, 0.15) is 20.8 Å². The summed E-state index contributed by atoms with van der Waals surface area (Å²) in [6, 6.07) is 3.59. The first-order valence-electron chi connectivity index (χ1n) is 7.95. The van der Waals surface area contributed by atoms with E-state index in [1.54, 1.807) is 52.5 Å². The van der Waals surface area contributed by atoms with Crippen LogP contribution in [0, 0.1) is 0 Å². The fourth-order valence-corrected chi connectivity index (χ4v) is 2.30. The Balaban J connectivity index is 2.09. The molecule has 0 spiro atoms. The van der Waals surface area contributed by atoms with Gasteiger partial charge in [-0.05, 0) is 32.9 Å². The fourth-order valence-electron chi connectivity index (χ4n) is 2.04. The van der Waals surface area contributed by atoms with Crippen LogP contribution in [-0.2, 0) is 9.53 Å². The maximum atomic E-state index is 12.5. The Kier molecular flexibility index (Phi) is 5.86. The molecule has 0 bridgehead atoms. The fraction of sp³-hybridized carbons (Fsp3) is 0.412. The van der Waals surface area contributed by atoms with E-state index in [0.29, 0.717) is 11.4 Å². The molecular weight excluding hydrogens is 358 g/mol. The Morgan fingerprint density at radius 3 is 2.58 bits per heavy atom. The molecular formula is C17H22ClN5O3. The number of rotatable bonds is 4. The minimum Gasteiger partial charge on any atom is -0.444 e. The van der Waals surface area contributed by atoms with E-state index in [1.165, 1.54) is 21.5 Å². The topological polar surface area (TPSA) is 80.6 Å². The summed E-state index contributed by atoms with van der Waals surface area (Å²) in [5, 5.41) is 4.36. The largest absolute Gasteiger partial charge is 0.444 e. The van der Waals surface area contributed by atoms with Gasteiger partial charge in [-0.15, -0.1) is 0 Å². The Morgan fingerprint density at radius 1 is 1.31 bits per heavy atom. The quantitative estimate of drug-likeness (QED) is 0.815. The van der Waals surface area contributed by atoms with Crippen LogP contribution in [0.15, 0.2) is 30.7 Å². The zero-order valence-corrected chi connectivity index (χ0v) is 16.2. The van der Waals surface area contributed by atoms with Crippen molar-refractivity contribution in [1.29, 1.82) is 0 Å². The number of carbonyl (C=O) groups is 2. The zero-order chi connectivity index (χ0) is 19.5. The third kappa shape index (κ3) is 4.95. The molecule has 2 rings (SSSR count). The normalized spacial score (nSPS) is 11.2. The van der Waals surface area contributed by atoms with Gasteiger partial charge in [-0.1, -0.05) is 11.6 Å². The molecule has 0 aliphatic rings. The summed E-state index contributed by atoms with van der Waals surface area (Å²) in [6.45, 7) is 5.14. The first-order valence-corrected chi connectivity index (χ1v) is 8.32. The van der Waals surface area contributed by atoms with E-state index in [9.17, 15) is 9.59 Å². The zero-order valence-electron chi connectivity index (χ0n) is 15.4. The van der Waals surface area contributed by atoms with E-state index in [0.717, 1.165) is 0 Å². The van der Waals surface area contributed by atoms with Crippen molar-refractivity contribution >= 4 is 29.3 Å². The molecule has 2 amide bonds. The highest BCUT2D eigenvalue weighted by Crippen LogP contribution is 2.25. The molecule has 26 heavy (non-hydrogen) atoms. The second-order valence-electron chi connectivity index (χ2n) is 6.75. The molecule has 0 fully saturated rings. The third-order valence-electron chi connectivity index (χ3n) is 3.37. The Hall–Kier alpha value is -2.61. The lowest BCUT2D eigenvalue weighted by Crippen LogP contribution is -2.41. The molecule has 0 N–H and O–H groups in total.